The van der Waals surface area contributed by atoms with Crippen molar-refractivity contribution < 1.29 is 4.42 Å². The summed E-state index contributed by atoms with van der Waals surface area (Å²) in [5, 5.41) is 10.6. The van der Waals surface area contributed by atoms with Gasteiger partial charge in [-0.2, -0.15) is 5.10 Å². The molecular formula is C16H18N4O. The van der Waals surface area contributed by atoms with Crippen molar-refractivity contribution in [2.24, 2.45) is 0 Å². The number of furan rings is 1. The fourth-order valence-corrected chi connectivity index (χ4v) is 2.32. The summed E-state index contributed by atoms with van der Waals surface area (Å²) in [5.41, 5.74) is 1.98. The van der Waals surface area contributed by atoms with Crippen LogP contribution in [0.3, 0.4) is 0 Å². The van der Waals surface area contributed by atoms with Gasteiger partial charge in [0.25, 0.3) is 0 Å². The fourth-order valence-electron chi connectivity index (χ4n) is 2.32. The van der Waals surface area contributed by atoms with E-state index < -0.39 is 0 Å². The topological polar surface area (TPSA) is 66.7 Å². The normalized spacial score (nSPS) is 12.3. The number of aryl methyl sites for hydroxylation is 1. The van der Waals surface area contributed by atoms with Crippen LogP contribution in [0.2, 0.25) is 0 Å². The maximum Gasteiger partial charge on any atom is 0.183 e. The monoisotopic (exact) mass is 282 g/mol. The highest BCUT2D eigenvalue weighted by atomic mass is 16.3. The Hall–Kier alpha value is -2.56. The molecule has 21 heavy (non-hydrogen) atoms. The highest BCUT2D eigenvalue weighted by Crippen LogP contribution is 2.29. The molecule has 2 N–H and O–H groups in total. The smallest absolute Gasteiger partial charge is 0.183 e. The Balaban J connectivity index is 1.92. The van der Waals surface area contributed by atoms with Gasteiger partial charge in [0.15, 0.2) is 5.82 Å². The van der Waals surface area contributed by atoms with Gasteiger partial charge in [-0.1, -0.05) is 19.1 Å². The van der Waals surface area contributed by atoms with Gasteiger partial charge in [0.05, 0.1) is 12.3 Å². The second-order valence-electron chi connectivity index (χ2n) is 4.91. The van der Waals surface area contributed by atoms with E-state index >= 15 is 0 Å². The quantitative estimate of drug-likeness (QED) is 0.744. The van der Waals surface area contributed by atoms with E-state index in [-0.39, 0.29) is 6.04 Å². The summed E-state index contributed by atoms with van der Waals surface area (Å²) in [5.74, 6) is 2.43. The number of aromatic nitrogens is 3. The van der Waals surface area contributed by atoms with Crippen molar-refractivity contribution in [3.63, 3.8) is 0 Å². The predicted octanol–water partition coefficient (Wildman–Crippen LogP) is 3.94. The predicted molar refractivity (Wildman–Crippen MR) is 81.9 cm³/mol. The van der Waals surface area contributed by atoms with Crippen LogP contribution < -0.4 is 5.32 Å². The second-order valence-corrected chi connectivity index (χ2v) is 4.91. The number of hydrogen-bond acceptors (Lipinski definition) is 4. The lowest BCUT2D eigenvalue weighted by Gasteiger charge is -2.17. The van der Waals surface area contributed by atoms with E-state index in [0.717, 1.165) is 29.3 Å². The lowest BCUT2D eigenvalue weighted by molar-refractivity contribution is 0.474. The molecule has 2 heterocycles. The summed E-state index contributed by atoms with van der Waals surface area (Å²) in [6.45, 7) is 4.02. The summed E-state index contributed by atoms with van der Waals surface area (Å²) in [7, 11) is 0. The van der Waals surface area contributed by atoms with E-state index in [1.165, 1.54) is 0 Å². The highest BCUT2D eigenvalue weighted by Gasteiger charge is 2.15. The van der Waals surface area contributed by atoms with Crippen molar-refractivity contribution >= 4 is 5.69 Å². The van der Waals surface area contributed by atoms with Crippen molar-refractivity contribution in [1.29, 1.82) is 0 Å². The molecule has 2 aromatic heterocycles. The van der Waals surface area contributed by atoms with Gasteiger partial charge in [-0.05, 0) is 37.6 Å². The fraction of sp³-hybridized carbons (Fsp3) is 0.250. The Morgan fingerprint density at radius 2 is 2.10 bits per heavy atom. The van der Waals surface area contributed by atoms with Crippen molar-refractivity contribution in [3.8, 4) is 11.4 Å². The number of nitrogens with zero attached hydrogens (tertiary/aromatic N) is 2. The molecule has 1 unspecified atom stereocenters. The van der Waals surface area contributed by atoms with Gasteiger partial charge in [-0.25, -0.2) is 4.98 Å². The Morgan fingerprint density at radius 3 is 2.76 bits per heavy atom. The Kier molecular flexibility index (Phi) is 3.73. The molecule has 0 radical (unpaired) electrons. The van der Waals surface area contributed by atoms with Crippen LogP contribution in [0.5, 0.6) is 0 Å². The van der Waals surface area contributed by atoms with Gasteiger partial charge in [0.1, 0.15) is 11.6 Å². The molecule has 0 aliphatic heterocycles. The van der Waals surface area contributed by atoms with Crippen LogP contribution in [0.15, 0.2) is 47.1 Å². The first-order valence-corrected chi connectivity index (χ1v) is 7.06. The SMILES string of the molecule is CCC(Nc1ccccc1-c1n[nH]c(C)n1)c1ccco1. The number of aromatic amines is 1. The number of hydrogen-bond donors (Lipinski definition) is 2. The molecule has 3 aromatic rings. The average molecular weight is 282 g/mol. The van der Waals surface area contributed by atoms with Crippen LogP contribution in [0.25, 0.3) is 11.4 Å². The molecule has 1 atom stereocenters. The summed E-state index contributed by atoms with van der Waals surface area (Å²) < 4.78 is 5.51. The third-order valence-electron chi connectivity index (χ3n) is 3.39. The van der Waals surface area contributed by atoms with Gasteiger partial charge >= 0.3 is 0 Å². The van der Waals surface area contributed by atoms with Crippen LogP contribution in [-0.4, -0.2) is 15.2 Å². The minimum Gasteiger partial charge on any atom is -0.467 e. The van der Waals surface area contributed by atoms with Crippen LogP contribution >= 0.6 is 0 Å². The largest absolute Gasteiger partial charge is 0.467 e. The highest BCUT2D eigenvalue weighted by molar-refractivity contribution is 5.73. The first-order valence-electron chi connectivity index (χ1n) is 7.06. The molecule has 0 saturated carbocycles. The molecule has 0 amide bonds. The molecule has 0 aliphatic rings. The number of rotatable bonds is 5. The molecule has 1 aromatic carbocycles. The average Bonchev–Trinajstić information content (AvgIpc) is 3.16. The maximum atomic E-state index is 5.51. The van der Waals surface area contributed by atoms with E-state index in [2.05, 4.69) is 27.4 Å². The van der Waals surface area contributed by atoms with Gasteiger partial charge in [0, 0.05) is 11.3 Å². The molecule has 5 nitrogen and oxygen atoms in total. The summed E-state index contributed by atoms with van der Waals surface area (Å²) >= 11 is 0. The molecule has 0 bridgehead atoms. The Morgan fingerprint density at radius 1 is 1.24 bits per heavy atom. The maximum absolute atomic E-state index is 5.51. The Labute approximate surface area is 123 Å². The van der Waals surface area contributed by atoms with Gasteiger partial charge in [-0.15, -0.1) is 0 Å². The summed E-state index contributed by atoms with van der Waals surface area (Å²) in [6, 6.07) is 12.1. The molecule has 108 valence electrons. The lowest BCUT2D eigenvalue weighted by atomic mass is 10.1. The number of anilines is 1. The van der Waals surface area contributed by atoms with Crippen molar-refractivity contribution in [3.05, 3.63) is 54.2 Å². The number of nitrogens with one attached hydrogen (secondary N) is 2. The third kappa shape index (κ3) is 2.81. The van der Waals surface area contributed by atoms with E-state index in [4.69, 9.17) is 4.42 Å². The minimum absolute atomic E-state index is 0.126. The van der Waals surface area contributed by atoms with E-state index in [9.17, 15) is 0 Å². The van der Waals surface area contributed by atoms with Crippen molar-refractivity contribution in [1.82, 2.24) is 15.2 Å². The third-order valence-corrected chi connectivity index (χ3v) is 3.39. The minimum atomic E-state index is 0.126. The van der Waals surface area contributed by atoms with Gasteiger partial charge < -0.3 is 9.73 Å². The zero-order valence-corrected chi connectivity index (χ0v) is 12.1. The standard InChI is InChI=1S/C16H18N4O/c1-3-13(15-9-6-10-21-15)18-14-8-5-4-7-12(14)16-17-11(2)19-20-16/h4-10,13,18H,3H2,1-2H3,(H,17,19,20). The first-order chi connectivity index (χ1) is 10.3. The van der Waals surface area contributed by atoms with Gasteiger partial charge in [0.2, 0.25) is 0 Å². The number of H-pyrrole nitrogens is 1. The Bertz CT molecular complexity index is 703. The van der Waals surface area contributed by atoms with Crippen LogP contribution in [0.4, 0.5) is 5.69 Å². The molecule has 0 aliphatic carbocycles. The second kappa shape index (κ2) is 5.83. The van der Waals surface area contributed by atoms with Crippen LogP contribution in [0, 0.1) is 6.92 Å². The van der Waals surface area contributed by atoms with Crippen molar-refractivity contribution in [2.75, 3.05) is 5.32 Å². The van der Waals surface area contributed by atoms with Crippen LogP contribution in [0.1, 0.15) is 31.0 Å². The van der Waals surface area contributed by atoms with Gasteiger partial charge in [-0.3, -0.25) is 5.10 Å². The molecule has 0 saturated heterocycles. The zero-order chi connectivity index (χ0) is 14.7. The number of benzene rings is 1. The molecule has 0 fully saturated rings. The van der Waals surface area contributed by atoms with E-state index in [1.807, 2.05) is 43.3 Å². The first kappa shape index (κ1) is 13.4. The van der Waals surface area contributed by atoms with E-state index in [1.54, 1.807) is 6.26 Å². The molecule has 0 spiro atoms. The molecule has 3 rings (SSSR count). The zero-order valence-electron chi connectivity index (χ0n) is 12.1. The summed E-state index contributed by atoms with van der Waals surface area (Å²) in [4.78, 5) is 4.41. The number of para-hydroxylation sites is 1. The lowest BCUT2D eigenvalue weighted by Crippen LogP contribution is -2.09. The molecule has 5 heteroatoms. The van der Waals surface area contributed by atoms with Crippen molar-refractivity contribution in [2.45, 2.75) is 26.3 Å². The van der Waals surface area contributed by atoms with Crippen LogP contribution in [-0.2, 0) is 0 Å². The summed E-state index contributed by atoms with van der Waals surface area (Å²) in [6.07, 6.45) is 2.62. The molecular weight excluding hydrogens is 264 g/mol. The van der Waals surface area contributed by atoms with E-state index in [0.29, 0.717) is 5.82 Å².